The number of nitrogens with one attached hydrogen (secondary N) is 2. The van der Waals surface area contributed by atoms with Crippen LogP contribution in [0.2, 0.25) is 5.02 Å². The normalized spacial score (nSPS) is 11.2. The number of carbonyl (C=O) groups excluding carboxylic acids is 1. The highest BCUT2D eigenvalue weighted by Gasteiger charge is 2.20. The molecule has 0 saturated carbocycles. The summed E-state index contributed by atoms with van der Waals surface area (Å²) in [4.78, 5) is 12.7. The first-order valence-electron chi connectivity index (χ1n) is 10.1. The van der Waals surface area contributed by atoms with Crippen LogP contribution in [0.15, 0.2) is 71.6 Å². The third-order valence-corrected chi connectivity index (χ3v) is 7.63. The summed E-state index contributed by atoms with van der Waals surface area (Å²) in [5.41, 5.74) is 3.38. The van der Waals surface area contributed by atoms with E-state index in [0.717, 1.165) is 17.1 Å². The Bertz CT molecular complexity index is 1200. The van der Waals surface area contributed by atoms with Crippen LogP contribution in [0, 0.1) is 13.8 Å². The van der Waals surface area contributed by atoms with Crippen molar-refractivity contribution in [3.8, 4) is 0 Å². The topological polar surface area (TPSA) is 75.3 Å². The molecule has 0 bridgehead atoms. The van der Waals surface area contributed by atoms with Gasteiger partial charge in [-0.05, 0) is 60.9 Å². The highest BCUT2D eigenvalue weighted by molar-refractivity contribution is 7.98. The smallest absolute Gasteiger partial charge is 0.262 e. The molecule has 8 heteroatoms. The van der Waals surface area contributed by atoms with Crippen LogP contribution >= 0.6 is 23.4 Å². The van der Waals surface area contributed by atoms with Gasteiger partial charge in [0.1, 0.15) is 0 Å². The van der Waals surface area contributed by atoms with E-state index in [1.54, 1.807) is 43.0 Å². The molecule has 0 fully saturated rings. The Labute approximate surface area is 198 Å². The predicted molar refractivity (Wildman–Crippen MR) is 133 cm³/mol. The number of sulfonamides is 1. The fraction of sp³-hybridized carbons (Fsp3) is 0.208. The van der Waals surface area contributed by atoms with E-state index in [0.29, 0.717) is 28.4 Å². The zero-order chi connectivity index (χ0) is 23.1. The van der Waals surface area contributed by atoms with Crippen molar-refractivity contribution in [1.29, 1.82) is 0 Å². The van der Waals surface area contributed by atoms with Crippen LogP contribution in [0.25, 0.3) is 0 Å². The van der Waals surface area contributed by atoms with Gasteiger partial charge in [-0.2, -0.15) is 11.8 Å². The largest absolute Gasteiger partial charge is 0.351 e. The van der Waals surface area contributed by atoms with Crippen molar-refractivity contribution < 1.29 is 13.2 Å². The molecule has 5 nitrogen and oxygen atoms in total. The maximum atomic E-state index is 13.0. The van der Waals surface area contributed by atoms with Gasteiger partial charge in [-0.25, -0.2) is 8.42 Å². The molecule has 0 atom stereocenters. The van der Waals surface area contributed by atoms with E-state index in [4.69, 9.17) is 11.6 Å². The van der Waals surface area contributed by atoms with Gasteiger partial charge in [-0.1, -0.05) is 48.0 Å². The number of para-hydroxylation sites is 1. The molecule has 0 spiro atoms. The van der Waals surface area contributed by atoms with Gasteiger partial charge in [0.15, 0.2) is 0 Å². The number of halogens is 1. The fourth-order valence-corrected chi connectivity index (χ4v) is 5.37. The molecular weight excluding hydrogens is 464 g/mol. The van der Waals surface area contributed by atoms with Gasteiger partial charge >= 0.3 is 0 Å². The standard InChI is InChI=1S/C24H25ClN2O3S2/c1-17-5-3-4-6-22(17)27-32(29,30)23-15-20(10-7-18(23)2)24(28)26-13-14-31-16-19-8-11-21(25)12-9-19/h3-12,15,27H,13-14,16H2,1-2H3,(H,26,28). The molecule has 2 N–H and O–H groups in total. The predicted octanol–water partition coefficient (Wildman–Crippen LogP) is 5.42. The molecular formula is C24H25ClN2O3S2. The van der Waals surface area contributed by atoms with Crippen LogP contribution in [0.4, 0.5) is 5.69 Å². The molecule has 1 amide bonds. The Hall–Kier alpha value is -2.48. The number of anilines is 1. The second kappa shape index (κ2) is 10.9. The van der Waals surface area contributed by atoms with Gasteiger partial charge < -0.3 is 5.32 Å². The Morgan fingerprint density at radius 1 is 0.969 bits per heavy atom. The van der Waals surface area contributed by atoms with Crippen LogP contribution in [0.1, 0.15) is 27.0 Å². The van der Waals surface area contributed by atoms with Crippen molar-refractivity contribution in [3.05, 3.63) is 94.0 Å². The molecule has 168 valence electrons. The van der Waals surface area contributed by atoms with Crippen LogP contribution in [0.5, 0.6) is 0 Å². The molecule has 0 radical (unpaired) electrons. The molecule has 0 aliphatic heterocycles. The third-order valence-electron chi connectivity index (χ3n) is 4.84. The minimum absolute atomic E-state index is 0.0884. The summed E-state index contributed by atoms with van der Waals surface area (Å²) >= 11 is 7.59. The Morgan fingerprint density at radius 2 is 1.69 bits per heavy atom. The average molecular weight is 489 g/mol. The first-order chi connectivity index (χ1) is 15.3. The average Bonchev–Trinajstić information content (AvgIpc) is 2.76. The summed E-state index contributed by atoms with van der Waals surface area (Å²) in [7, 11) is -3.83. The molecule has 0 unspecified atom stereocenters. The molecule has 3 aromatic rings. The lowest BCUT2D eigenvalue weighted by molar-refractivity contribution is 0.0956. The Balaban J connectivity index is 1.59. The van der Waals surface area contributed by atoms with Crippen molar-refractivity contribution in [2.45, 2.75) is 24.5 Å². The van der Waals surface area contributed by atoms with Crippen LogP contribution < -0.4 is 10.0 Å². The van der Waals surface area contributed by atoms with Crippen LogP contribution in [-0.4, -0.2) is 26.6 Å². The molecule has 0 aromatic heterocycles. The van der Waals surface area contributed by atoms with Crippen molar-refractivity contribution in [3.63, 3.8) is 0 Å². The van der Waals surface area contributed by atoms with E-state index >= 15 is 0 Å². The van der Waals surface area contributed by atoms with Gasteiger partial charge in [0.2, 0.25) is 0 Å². The zero-order valence-corrected chi connectivity index (χ0v) is 20.3. The minimum atomic E-state index is -3.83. The van der Waals surface area contributed by atoms with Gasteiger partial charge in [0, 0.05) is 28.6 Å². The molecule has 0 aliphatic rings. The summed E-state index contributed by atoms with van der Waals surface area (Å²) < 4.78 is 28.5. The van der Waals surface area contributed by atoms with E-state index in [2.05, 4.69) is 10.0 Å². The van der Waals surface area contributed by atoms with Crippen LogP contribution in [-0.2, 0) is 15.8 Å². The highest BCUT2D eigenvalue weighted by Crippen LogP contribution is 2.23. The van der Waals surface area contributed by atoms with Gasteiger partial charge in [0.25, 0.3) is 15.9 Å². The van der Waals surface area contributed by atoms with Crippen molar-refractivity contribution >= 4 is 45.0 Å². The minimum Gasteiger partial charge on any atom is -0.351 e. The highest BCUT2D eigenvalue weighted by atomic mass is 35.5. The van der Waals surface area contributed by atoms with E-state index in [-0.39, 0.29) is 10.8 Å². The lowest BCUT2D eigenvalue weighted by Gasteiger charge is -2.13. The fourth-order valence-electron chi connectivity index (χ4n) is 3.03. The maximum absolute atomic E-state index is 13.0. The SMILES string of the molecule is Cc1ccccc1NS(=O)(=O)c1cc(C(=O)NCCSCc2ccc(Cl)cc2)ccc1C. The molecule has 0 aliphatic carbocycles. The van der Waals surface area contributed by atoms with Gasteiger partial charge in [0.05, 0.1) is 10.6 Å². The molecule has 0 saturated heterocycles. The summed E-state index contributed by atoms with van der Waals surface area (Å²) in [5.74, 6) is 1.26. The maximum Gasteiger partial charge on any atom is 0.262 e. The number of carbonyl (C=O) groups is 1. The number of benzene rings is 3. The van der Waals surface area contributed by atoms with Gasteiger partial charge in [-0.15, -0.1) is 0 Å². The summed E-state index contributed by atoms with van der Waals surface area (Å²) in [6.45, 7) is 4.02. The Kier molecular flexibility index (Phi) is 8.23. The van der Waals surface area contributed by atoms with E-state index in [1.165, 1.54) is 11.6 Å². The van der Waals surface area contributed by atoms with Crippen molar-refractivity contribution in [2.75, 3.05) is 17.0 Å². The van der Waals surface area contributed by atoms with Crippen molar-refractivity contribution in [2.24, 2.45) is 0 Å². The molecule has 0 heterocycles. The van der Waals surface area contributed by atoms with Crippen LogP contribution in [0.3, 0.4) is 0 Å². The lowest BCUT2D eigenvalue weighted by Crippen LogP contribution is -2.26. The van der Waals surface area contributed by atoms with Gasteiger partial charge in [-0.3, -0.25) is 9.52 Å². The number of thioether (sulfide) groups is 1. The first kappa shape index (κ1) is 24.2. The van der Waals surface area contributed by atoms with E-state index in [9.17, 15) is 13.2 Å². The number of hydrogen-bond donors (Lipinski definition) is 2. The quantitative estimate of drug-likeness (QED) is 0.394. The summed E-state index contributed by atoms with van der Waals surface area (Å²) in [5, 5.41) is 3.56. The number of rotatable bonds is 9. The monoisotopic (exact) mass is 488 g/mol. The number of aryl methyl sites for hydroxylation is 2. The van der Waals surface area contributed by atoms with E-state index < -0.39 is 10.0 Å². The Morgan fingerprint density at radius 3 is 2.41 bits per heavy atom. The zero-order valence-electron chi connectivity index (χ0n) is 17.9. The summed E-state index contributed by atoms with van der Waals surface area (Å²) in [6, 6.07) is 19.5. The number of amides is 1. The lowest BCUT2D eigenvalue weighted by atomic mass is 10.1. The van der Waals surface area contributed by atoms with E-state index in [1.807, 2.05) is 43.3 Å². The first-order valence-corrected chi connectivity index (χ1v) is 13.1. The summed E-state index contributed by atoms with van der Waals surface area (Å²) in [6.07, 6.45) is 0. The molecule has 3 aromatic carbocycles. The number of hydrogen-bond acceptors (Lipinski definition) is 4. The third kappa shape index (κ3) is 6.51. The second-order valence-electron chi connectivity index (χ2n) is 7.34. The molecule has 3 rings (SSSR count). The molecule has 32 heavy (non-hydrogen) atoms. The second-order valence-corrected chi connectivity index (χ2v) is 10.5. The van der Waals surface area contributed by atoms with Crippen molar-refractivity contribution in [1.82, 2.24) is 5.32 Å².